The average Bonchev–Trinajstić information content (AvgIpc) is 2.40. The Morgan fingerprint density at radius 1 is 1.45 bits per heavy atom. The fraction of sp³-hybridized carbons (Fsp3) is 0.500. The van der Waals surface area contributed by atoms with E-state index in [0.29, 0.717) is 12.1 Å². The van der Waals surface area contributed by atoms with Crippen LogP contribution in [0.1, 0.15) is 12.8 Å². The van der Waals surface area contributed by atoms with Crippen molar-refractivity contribution in [3.8, 4) is 0 Å². The molecule has 112 valence electrons. The highest BCUT2D eigenvalue weighted by molar-refractivity contribution is 7.98. The summed E-state index contributed by atoms with van der Waals surface area (Å²) in [5.41, 5.74) is 6.02. The third-order valence-electron chi connectivity index (χ3n) is 2.90. The van der Waals surface area contributed by atoms with E-state index in [1.807, 2.05) is 11.8 Å². The SMILES string of the molecule is CSCCN(C)CCCC(=O)Nc1ccc(F)c(N)c1. The van der Waals surface area contributed by atoms with Crippen molar-refractivity contribution < 1.29 is 9.18 Å². The van der Waals surface area contributed by atoms with Crippen LogP contribution in [0, 0.1) is 5.82 Å². The maximum Gasteiger partial charge on any atom is 0.224 e. The van der Waals surface area contributed by atoms with Gasteiger partial charge in [-0.1, -0.05) is 0 Å². The number of thioether (sulfide) groups is 1. The van der Waals surface area contributed by atoms with E-state index in [2.05, 4.69) is 23.5 Å². The van der Waals surface area contributed by atoms with Crippen molar-refractivity contribution in [1.29, 1.82) is 0 Å². The predicted octanol–water partition coefficient (Wildman–Crippen LogP) is 2.42. The van der Waals surface area contributed by atoms with Crippen LogP contribution >= 0.6 is 11.8 Å². The second kappa shape index (κ2) is 8.81. The number of carbonyl (C=O) groups is 1. The van der Waals surface area contributed by atoms with Gasteiger partial charge in [-0.15, -0.1) is 0 Å². The lowest BCUT2D eigenvalue weighted by Crippen LogP contribution is -2.23. The molecule has 0 unspecified atom stereocenters. The first-order valence-electron chi connectivity index (χ1n) is 6.55. The first-order chi connectivity index (χ1) is 9.52. The number of carbonyl (C=O) groups excluding carboxylic acids is 1. The number of nitrogens with two attached hydrogens (primary N) is 1. The summed E-state index contributed by atoms with van der Waals surface area (Å²) in [5.74, 6) is 0.546. The maximum absolute atomic E-state index is 13.0. The summed E-state index contributed by atoms with van der Waals surface area (Å²) in [6.07, 6.45) is 3.32. The Morgan fingerprint density at radius 2 is 2.20 bits per heavy atom. The van der Waals surface area contributed by atoms with Crippen LogP contribution in [-0.2, 0) is 4.79 Å². The second-order valence-electron chi connectivity index (χ2n) is 4.68. The maximum atomic E-state index is 13.0. The van der Waals surface area contributed by atoms with Crippen LogP contribution in [0.2, 0.25) is 0 Å². The Balaban J connectivity index is 2.28. The number of nitrogen functional groups attached to an aromatic ring is 1. The van der Waals surface area contributed by atoms with Crippen molar-refractivity contribution >= 4 is 29.0 Å². The van der Waals surface area contributed by atoms with Crippen molar-refractivity contribution in [3.05, 3.63) is 24.0 Å². The number of nitrogens with zero attached hydrogens (tertiary/aromatic N) is 1. The Morgan fingerprint density at radius 3 is 2.85 bits per heavy atom. The summed E-state index contributed by atoms with van der Waals surface area (Å²) in [5, 5.41) is 2.72. The molecule has 0 aliphatic carbocycles. The molecule has 4 nitrogen and oxygen atoms in total. The lowest BCUT2D eigenvalue weighted by atomic mass is 10.2. The summed E-state index contributed by atoms with van der Waals surface area (Å²) < 4.78 is 13.0. The number of hydrogen-bond acceptors (Lipinski definition) is 4. The summed E-state index contributed by atoms with van der Waals surface area (Å²) in [4.78, 5) is 13.9. The molecule has 3 N–H and O–H groups in total. The highest BCUT2D eigenvalue weighted by Gasteiger charge is 2.05. The smallest absolute Gasteiger partial charge is 0.224 e. The summed E-state index contributed by atoms with van der Waals surface area (Å²) in [7, 11) is 2.05. The lowest BCUT2D eigenvalue weighted by molar-refractivity contribution is -0.116. The van der Waals surface area contributed by atoms with Gasteiger partial charge in [-0.3, -0.25) is 4.79 Å². The lowest BCUT2D eigenvalue weighted by Gasteiger charge is -2.15. The third kappa shape index (κ3) is 6.25. The molecule has 0 aromatic heterocycles. The van der Waals surface area contributed by atoms with E-state index in [-0.39, 0.29) is 11.6 Å². The van der Waals surface area contributed by atoms with Gasteiger partial charge in [0.15, 0.2) is 0 Å². The molecule has 6 heteroatoms. The van der Waals surface area contributed by atoms with Crippen LogP contribution in [-0.4, -0.2) is 43.0 Å². The van der Waals surface area contributed by atoms with Crippen molar-refractivity contribution in [2.24, 2.45) is 0 Å². The van der Waals surface area contributed by atoms with Gasteiger partial charge in [0.25, 0.3) is 0 Å². The fourth-order valence-electron chi connectivity index (χ4n) is 1.71. The summed E-state index contributed by atoms with van der Waals surface area (Å²) >= 11 is 1.81. The molecular weight excluding hydrogens is 277 g/mol. The number of amides is 1. The highest BCUT2D eigenvalue weighted by Crippen LogP contribution is 2.16. The number of benzene rings is 1. The number of anilines is 2. The minimum atomic E-state index is -0.474. The van der Waals surface area contributed by atoms with Gasteiger partial charge in [0.2, 0.25) is 5.91 Å². The van der Waals surface area contributed by atoms with E-state index >= 15 is 0 Å². The van der Waals surface area contributed by atoms with Crippen LogP contribution < -0.4 is 11.1 Å². The van der Waals surface area contributed by atoms with E-state index in [1.165, 1.54) is 18.2 Å². The monoisotopic (exact) mass is 299 g/mol. The molecule has 0 spiro atoms. The van der Waals surface area contributed by atoms with Crippen LogP contribution in [0.5, 0.6) is 0 Å². The van der Waals surface area contributed by atoms with Crippen LogP contribution in [0.3, 0.4) is 0 Å². The minimum Gasteiger partial charge on any atom is -0.396 e. The zero-order chi connectivity index (χ0) is 15.0. The Hall–Kier alpha value is -1.27. The topological polar surface area (TPSA) is 58.4 Å². The molecule has 0 atom stereocenters. The minimum absolute atomic E-state index is 0.0413. The highest BCUT2D eigenvalue weighted by atomic mass is 32.2. The number of rotatable bonds is 8. The zero-order valence-corrected chi connectivity index (χ0v) is 12.8. The number of hydrogen-bond donors (Lipinski definition) is 2. The van der Waals surface area contributed by atoms with Crippen LogP contribution in [0.15, 0.2) is 18.2 Å². The van der Waals surface area contributed by atoms with Gasteiger partial charge < -0.3 is 16.0 Å². The van der Waals surface area contributed by atoms with Crippen molar-refractivity contribution in [2.75, 3.05) is 43.2 Å². The number of nitrogens with one attached hydrogen (secondary N) is 1. The Labute approximate surface area is 123 Å². The molecule has 0 heterocycles. The molecule has 0 radical (unpaired) electrons. The normalized spacial score (nSPS) is 10.8. The van der Waals surface area contributed by atoms with E-state index in [9.17, 15) is 9.18 Å². The fourth-order valence-corrected chi connectivity index (χ4v) is 2.21. The van der Waals surface area contributed by atoms with Crippen molar-refractivity contribution in [1.82, 2.24) is 4.90 Å². The third-order valence-corrected chi connectivity index (χ3v) is 3.49. The first-order valence-corrected chi connectivity index (χ1v) is 7.94. The van der Waals surface area contributed by atoms with Gasteiger partial charge >= 0.3 is 0 Å². The molecule has 0 saturated heterocycles. The van der Waals surface area contributed by atoms with E-state index < -0.39 is 5.82 Å². The van der Waals surface area contributed by atoms with Crippen molar-refractivity contribution in [2.45, 2.75) is 12.8 Å². The Kier molecular flexibility index (Phi) is 7.40. The van der Waals surface area contributed by atoms with Gasteiger partial charge in [-0.25, -0.2) is 4.39 Å². The van der Waals surface area contributed by atoms with E-state index in [1.54, 1.807) is 0 Å². The van der Waals surface area contributed by atoms with Gasteiger partial charge in [-0.2, -0.15) is 11.8 Å². The average molecular weight is 299 g/mol. The van der Waals surface area contributed by atoms with Crippen LogP contribution in [0.25, 0.3) is 0 Å². The Bertz CT molecular complexity index is 442. The molecule has 0 aliphatic rings. The largest absolute Gasteiger partial charge is 0.396 e. The summed E-state index contributed by atoms with van der Waals surface area (Å²) in [6, 6.07) is 4.19. The van der Waals surface area contributed by atoms with Crippen LogP contribution in [0.4, 0.5) is 15.8 Å². The van der Waals surface area contributed by atoms with E-state index in [0.717, 1.165) is 25.3 Å². The first kappa shape index (κ1) is 16.8. The molecule has 0 fully saturated rings. The molecule has 0 aliphatic heterocycles. The standard InChI is InChI=1S/C14H22FN3OS/c1-18(8-9-20-2)7-3-4-14(19)17-11-5-6-12(15)13(16)10-11/h5-6,10H,3-4,7-9,16H2,1-2H3,(H,17,19). The van der Waals surface area contributed by atoms with E-state index in [4.69, 9.17) is 5.73 Å². The molecule has 1 rings (SSSR count). The number of halogens is 1. The molecule has 0 bridgehead atoms. The van der Waals surface area contributed by atoms with Crippen molar-refractivity contribution in [3.63, 3.8) is 0 Å². The van der Waals surface area contributed by atoms with Gasteiger partial charge in [0, 0.05) is 24.4 Å². The quantitative estimate of drug-likeness (QED) is 0.724. The van der Waals surface area contributed by atoms with Gasteiger partial charge in [0.05, 0.1) is 5.69 Å². The second-order valence-corrected chi connectivity index (χ2v) is 5.67. The molecule has 1 aromatic rings. The molecule has 20 heavy (non-hydrogen) atoms. The van der Waals surface area contributed by atoms with Gasteiger partial charge in [-0.05, 0) is 44.5 Å². The molecule has 1 amide bonds. The molecule has 0 saturated carbocycles. The molecular formula is C14H22FN3OS. The zero-order valence-electron chi connectivity index (χ0n) is 12.0. The molecule has 1 aromatic carbocycles. The summed E-state index contributed by atoms with van der Waals surface area (Å²) in [6.45, 7) is 1.91. The van der Waals surface area contributed by atoms with Gasteiger partial charge in [0.1, 0.15) is 5.82 Å². The predicted molar refractivity (Wildman–Crippen MR) is 84.6 cm³/mol.